The number of amides is 1. The molecule has 0 bridgehead atoms. The lowest BCUT2D eigenvalue weighted by atomic mass is 10.2. The van der Waals surface area contributed by atoms with Crippen molar-refractivity contribution in [1.29, 1.82) is 0 Å². The maximum atomic E-state index is 12.0. The highest BCUT2D eigenvalue weighted by Crippen LogP contribution is 2.09. The Morgan fingerprint density at radius 2 is 2.21 bits per heavy atom. The van der Waals surface area contributed by atoms with Crippen LogP contribution in [0, 0.1) is 13.8 Å². The SMILES string of the molecule is Cc1cc(C(=O)NCc2cn[nH]c2C)cc(NN)n1. The Kier molecular flexibility index (Phi) is 3.76. The lowest BCUT2D eigenvalue weighted by Crippen LogP contribution is -2.23. The van der Waals surface area contributed by atoms with E-state index in [1.54, 1.807) is 25.3 Å². The second-order valence-corrected chi connectivity index (χ2v) is 4.23. The molecule has 0 saturated carbocycles. The van der Waals surface area contributed by atoms with E-state index >= 15 is 0 Å². The van der Waals surface area contributed by atoms with Crippen LogP contribution in [0.4, 0.5) is 5.82 Å². The van der Waals surface area contributed by atoms with Gasteiger partial charge in [-0.3, -0.25) is 9.89 Å². The van der Waals surface area contributed by atoms with Crippen molar-refractivity contribution in [1.82, 2.24) is 20.5 Å². The number of pyridine rings is 1. The van der Waals surface area contributed by atoms with Crippen molar-refractivity contribution in [2.24, 2.45) is 5.84 Å². The summed E-state index contributed by atoms with van der Waals surface area (Å²) in [6, 6.07) is 3.31. The van der Waals surface area contributed by atoms with Crippen molar-refractivity contribution in [3.8, 4) is 0 Å². The van der Waals surface area contributed by atoms with Gasteiger partial charge >= 0.3 is 0 Å². The van der Waals surface area contributed by atoms with Crippen LogP contribution in [0.15, 0.2) is 18.3 Å². The first-order valence-corrected chi connectivity index (χ1v) is 5.82. The van der Waals surface area contributed by atoms with Gasteiger partial charge < -0.3 is 10.7 Å². The zero-order valence-corrected chi connectivity index (χ0v) is 10.8. The molecular weight excluding hydrogens is 244 g/mol. The molecule has 2 rings (SSSR count). The van der Waals surface area contributed by atoms with Gasteiger partial charge in [-0.15, -0.1) is 0 Å². The first-order chi connectivity index (χ1) is 9.10. The number of aromatic amines is 1. The summed E-state index contributed by atoms with van der Waals surface area (Å²) in [6.07, 6.45) is 1.69. The van der Waals surface area contributed by atoms with Crippen LogP contribution in [0.2, 0.25) is 0 Å². The maximum absolute atomic E-state index is 12.0. The van der Waals surface area contributed by atoms with E-state index in [-0.39, 0.29) is 5.91 Å². The smallest absolute Gasteiger partial charge is 0.251 e. The summed E-state index contributed by atoms with van der Waals surface area (Å²) in [6.45, 7) is 4.13. The molecule has 19 heavy (non-hydrogen) atoms. The summed E-state index contributed by atoms with van der Waals surface area (Å²) in [4.78, 5) is 16.2. The number of aryl methyl sites for hydroxylation is 2. The molecule has 0 aliphatic rings. The fourth-order valence-corrected chi connectivity index (χ4v) is 1.71. The van der Waals surface area contributed by atoms with Crippen LogP contribution in [0.1, 0.15) is 27.3 Å². The van der Waals surface area contributed by atoms with Gasteiger partial charge in [0.25, 0.3) is 5.91 Å². The van der Waals surface area contributed by atoms with E-state index in [0.29, 0.717) is 17.9 Å². The number of nitrogens with one attached hydrogen (secondary N) is 3. The Bertz CT molecular complexity index is 592. The Balaban J connectivity index is 2.08. The summed E-state index contributed by atoms with van der Waals surface area (Å²) in [5.74, 6) is 5.59. The average molecular weight is 260 g/mol. The number of aromatic nitrogens is 3. The predicted molar refractivity (Wildman–Crippen MR) is 71.3 cm³/mol. The van der Waals surface area contributed by atoms with E-state index in [1.165, 1.54) is 0 Å². The number of anilines is 1. The Morgan fingerprint density at radius 1 is 1.42 bits per heavy atom. The van der Waals surface area contributed by atoms with E-state index < -0.39 is 0 Å². The molecule has 0 radical (unpaired) electrons. The van der Waals surface area contributed by atoms with Crippen LogP contribution in [-0.4, -0.2) is 21.1 Å². The highest BCUT2D eigenvalue weighted by atomic mass is 16.1. The van der Waals surface area contributed by atoms with Gasteiger partial charge in [-0.25, -0.2) is 10.8 Å². The maximum Gasteiger partial charge on any atom is 0.251 e. The molecule has 5 N–H and O–H groups in total. The highest BCUT2D eigenvalue weighted by Gasteiger charge is 2.09. The molecule has 0 aromatic carbocycles. The van der Waals surface area contributed by atoms with E-state index in [0.717, 1.165) is 17.0 Å². The van der Waals surface area contributed by atoms with Crippen molar-refractivity contribution in [2.45, 2.75) is 20.4 Å². The predicted octanol–water partition coefficient (Wildman–Crippen LogP) is 0.637. The third-order valence-electron chi connectivity index (χ3n) is 2.74. The van der Waals surface area contributed by atoms with Gasteiger partial charge in [0.15, 0.2) is 0 Å². The molecule has 100 valence electrons. The van der Waals surface area contributed by atoms with E-state index in [2.05, 4.69) is 25.9 Å². The molecule has 2 heterocycles. The van der Waals surface area contributed by atoms with Crippen LogP contribution in [0.25, 0.3) is 0 Å². The number of hydrogen-bond acceptors (Lipinski definition) is 5. The third kappa shape index (κ3) is 3.08. The molecule has 7 heteroatoms. The minimum Gasteiger partial charge on any atom is -0.348 e. The van der Waals surface area contributed by atoms with Crippen molar-refractivity contribution in [3.05, 3.63) is 40.8 Å². The van der Waals surface area contributed by atoms with Crippen molar-refractivity contribution >= 4 is 11.7 Å². The Labute approximate surface area is 110 Å². The normalized spacial score (nSPS) is 10.3. The van der Waals surface area contributed by atoms with E-state index in [9.17, 15) is 4.79 Å². The number of hydrogen-bond donors (Lipinski definition) is 4. The number of hydrazine groups is 1. The number of carbonyl (C=O) groups is 1. The van der Waals surface area contributed by atoms with E-state index in [4.69, 9.17) is 5.84 Å². The number of nitrogens with two attached hydrogens (primary N) is 1. The molecule has 0 unspecified atom stereocenters. The minimum atomic E-state index is -0.178. The lowest BCUT2D eigenvalue weighted by Gasteiger charge is -2.07. The second kappa shape index (κ2) is 5.49. The van der Waals surface area contributed by atoms with Crippen LogP contribution < -0.4 is 16.6 Å². The van der Waals surface area contributed by atoms with Gasteiger partial charge in [-0.2, -0.15) is 5.10 Å². The fourth-order valence-electron chi connectivity index (χ4n) is 1.71. The Hall–Kier alpha value is -2.41. The van der Waals surface area contributed by atoms with Gasteiger partial charge in [-0.1, -0.05) is 0 Å². The molecule has 0 aliphatic carbocycles. The number of H-pyrrole nitrogens is 1. The zero-order chi connectivity index (χ0) is 13.8. The van der Waals surface area contributed by atoms with Crippen LogP contribution in [0.3, 0.4) is 0 Å². The molecule has 7 nitrogen and oxygen atoms in total. The molecule has 0 aliphatic heterocycles. The minimum absolute atomic E-state index is 0.178. The summed E-state index contributed by atoms with van der Waals surface area (Å²) < 4.78 is 0. The number of rotatable bonds is 4. The van der Waals surface area contributed by atoms with Gasteiger partial charge in [-0.05, 0) is 26.0 Å². The molecule has 0 fully saturated rings. The van der Waals surface area contributed by atoms with Crippen LogP contribution in [0.5, 0.6) is 0 Å². The summed E-state index contributed by atoms with van der Waals surface area (Å²) in [7, 11) is 0. The fraction of sp³-hybridized carbons (Fsp3) is 0.250. The standard InChI is InChI=1S/C12H16N6O/c1-7-3-9(4-11(16-7)17-13)12(19)14-5-10-6-15-18-8(10)2/h3-4,6H,5,13H2,1-2H3,(H,14,19)(H,15,18)(H,16,17). The lowest BCUT2D eigenvalue weighted by molar-refractivity contribution is 0.0950. The highest BCUT2D eigenvalue weighted by molar-refractivity contribution is 5.94. The van der Waals surface area contributed by atoms with Gasteiger partial charge in [0.05, 0.1) is 6.20 Å². The quantitative estimate of drug-likeness (QED) is 0.476. The first kappa shape index (κ1) is 13.0. The number of carbonyl (C=O) groups excluding carboxylic acids is 1. The van der Waals surface area contributed by atoms with Gasteiger partial charge in [0.1, 0.15) is 5.82 Å². The van der Waals surface area contributed by atoms with E-state index in [1.807, 2.05) is 6.92 Å². The summed E-state index contributed by atoms with van der Waals surface area (Å²) in [5.41, 5.74) is 5.57. The zero-order valence-electron chi connectivity index (χ0n) is 10.8. The second-order valence-electron chi connectivity index (χ2n) is 4.23. The van der Waals surface area contributed by atoms with Gasteiger partial charge in [0, 0.05) is 29.1 Å². The molecule has 0 atom stereocenters. The third-order valence-corrected chi connectivity index (χ3v) is 2.74. The molecule has 1 amide bonds. The monoisotopic (exact) mass is 260 g/mol. The largest absolute Gasteiger partial charge is 0.348 e. The molecular formula is C12H16N6O. The van der Waals surface area contributed by atoms with Crippen molar-refractivity contribution in [3.63, 3.8) is 0 Å². The van der Waals surface area contributed by atoms with Crippen LogP contribution in [-0.2, 0) is 6.54 Å². The molecule has 2 aromatic rings. The van der Waals surface area contributed by atoms with Gasteiger partial charge in [0.2, 0.25) is 0 Å². The van der Waals surface area contributed by atoms with Crippen molar-refractivity contribution < 1.29 is 4.79 Å². The molecule has 2 aromatic heterocycles. The average Bonchev–Trinajstić information content (AvgIpc) is 2.80. The number of nitrogen functional groups attached to an aromatic ring is 1. The topological polar surface area (TPSA) is 109 Å². The first-order valence-electron chi connectivity index (χ1n) is 5.82. The Morgan fingerprint density at radius 3 is 2.84 bits per heavy atom. The van der Waals surface area contributed by atoms with Crippen LogP contribution >= 0.6 is 0 Å². The van der Waals surface area contributed by atoms with Crippen molar-refractivity contribution in [2.75, 3.05) is 5.43 Å². The molecule has 0 spiro atoms. The summed E-state index contributed by atoms with van der Waals surface area (Å²) >= 11 is 0. The molecule has 0 saturated heterocycles. The number of nitrogens with zero attached hydrogens (tertiary/aromatic N) is 2. The summed E-state index contributed by atoms with van der Waals surface area (Å²) in [5, 5.41) is 9.55.